The number of aromatic hydroxyl groups is 1. The van der Waals surface area contributed by atoms with E-state index in [0.29, 0.717) is 17.9 Å². The molecule has 0 saturated heterocycles. The summed E-state index contributed by atoms with van der Waals surface area (Å²) in [6.07, 6.45) is 5.56. The lowest BCUT2D eigenvalue weighted by Crippen LogP contribution is -2.37. The molecular formula is C15H17N2O2S+. The minimum atomic E-state index is 0.192. The first-order valence-electron chi connectivity index (χ1n) is 6.18. The van der Waals surface area contributed by atoms with Crippen molar-refractivity contribution in [2.75, 3.05) is 7.11 Å². The molecule has 5 heteroatoms. The van der Waals surface area contributed by atoms with Crippen molar-refractivity contribution in [2.24, 2.45) is 0 Å². The molecule has 4 nitrogen and oxygen atoms in total. The SMILES string of the molecule is C=CC[n+]1nc(C)sc1/C=C/c1c(O)cccc1OC. The second-order valence-electron chi connectivity index (χ2n) is 4.16. The maximum atomic E-state index is 9.91. The molecule has 0 saturated carbocycles. The number of hydrogen-bond acceptors (Lipinski definition) is 4. The Bertz CT molecular complexity index is 647. The first kappa shape index (κ1) is 14.3. The summed E-state index contributed by atoms with van der Waals surface area (Å²) in [6, 6.07) is 5.20. The van der Waals surface area contributed by atoms with Gasteiger partial charge in [-0.25, -0.2) is 0 Å². The maximum Gasteiger partial charge on any atom is 0.289 e. The number of phenols is 1. The van der Waals surface area contributed by atoms with Crippen LogP contribution < -0.4 is 9.42 Å². The molecule has 0 spiro atoms. The number of methoxy groups -OCH3 is 1. The van der Waals surface area contributed by atoms with E-state index in [2.05, 4.69) is 11.7 Å². The van der Waals surface area contributed by atoms with Crippen molar-refractivity contribution < 1.29 is 14.5 Å². The van der Waals surface area contributed by atoms with Crippen molar-refractivity contribution in [2.45, 2.75) is 13.5 Å². The van der Waals surface area contributed by atoms with Crippen LogP contribution in [0.1, 0.15) is 15.6 Å². The van der Waals surface area contributed by atoms with Crippen LogP contribution in [0.5, 0.6) is 11.5 Å². The summed E-state index contributed by atoms with van der Waals surface area (Å²) in [5.41, 5.74) is 0.659. The average Bonchev–Trinajstić information content (AvgIpc) is 2.77. The van der Waals surface area contributed by atoms with Crippen LogP contribution in [-0.2, 0) is 6.54 Å². The molecule has 1 N–H and O–H groups in total. The molecule has 0 aliphatic carbocycles. The fourth-order valence-corrected chi connectivity index (χ4v) is 2.65. The molecule has 0 fully saturated rings. The molecule has 2 rings (SSSR count). The summed E-state index contributed by atoms with van der Waals surface area (Å²) in [6.45, 7) is 6.34. The quantitative estimate of drug-likeness (QED) is 0.680. The molecule has 1 aromatic carbocycles. The second kappa shape index (κ2) is 6.34. The Hall–Kier alpha value is -2.14. The van der Waals surface area contributed by atoms with E-state index in [1.54, 1.807) is 36.7 Å². The van der Waals surface area contributed by atoms with Gasteiger partial charge in [0.25, 0.3) is 5.01 Å². The van der Waals surface area contributed by atoms with Gasteiger partial charge in [0.2, 0.25) is 0 Å². The minimum Gasteiger partial charge on any atom is -0.507 e. The molecule has 0 aliphatic heterocycles. The van der Waals surface area contributed by atoms with Gasteiger partial charge in [-0.05, 0) is 42.5 Å². The van der Waals surface area contributed by atoms with Gasteiger partial charge in [-0.2, -0.15) is 0 Å². The number of phenolic OH excluding ortho intramolecular Hbond substituents is 1. The van der Waals surface area contributed by atoms with Crippen molar-refractivity contribution in [1.82, 2.24) is 5.10 Å². The van der Waals surface area contributed by atoms with Gasteiger partial charge in [0.05, 0.1) is 12.7 Å². The van der Waals surface area contributed by atoms with E-state index in [4.69, 9.17) is 4.74 Å². The third-order valence-electron chi connectivity index (χ3n) is 2.73. The van der Waals surface area contributed by atoms with Crippen molar-refractivity contribution >= 4 is 23.5 Å². The van der Waals surface area contributed by atoms with E-state index in [1.165, 1.54) is 0 Å². The van der Waals surface area contributed by atoms with Crippen LogP contribution in [-0.4, -0.2) is 17.3 Å². The molecular weight excluding hydrogens is 272 g/mol. The predicted molar refractivity (Wildman–Crippen MR) is 80.8 cm³/mol. The smallest absolute Gasteiger partial charge is 0.289 e. The molecule has 2 aromatic rings. The van der Waals surface area contributed by atoms with Crippen LogP contribution in [0.4, 0.5) is 0 Å². The molecule has 104 valence electrons. The highest BCUT2D eigenvalue weighted by molar-refractivity contribution is 7.11. The van der Waals surface area contributed by atoms with Crippen LogP contribution in [0.3, 0.4) is 0 Å². The fraction of sp³-hybridized carbons (Fsp3) is 0.200. The number of aryl methyl sites for hydroxylation is 1. The molecule has 0 radical (unpaired) electrons. The normalized spacial score (nSPS) is 10.9. The molecule has 1 heterocycles. The summed E-state index contributed by atoms with van der Waals surface area (Å²) < 4.78 is 7.12. The van der Waals surface area contributed by atoms with Crippen LogP contribution in [0.15, 0.2) is 30.9 Å². The number of rotatable bonds is 5. The highest BCUT2D eigenvalue weighted by Crippen LogP contribution is 2.29. The Labute approximate surface area is 122 Å². The fourth-order valence-electron chi connectivity index (χ4n) is 1.85. The Morgan fingerprint density at radius 3 is 2.95 bits per heavy atom. The predicted octanol–water partition coefficient (Wildman–Crippen LogP) is 2.81. The summed E-state index contributed by atoms with van der Waals surface area (Å²) >= 11 is 1.59. The lowest BCUT2D eigenvalue weighted by atomic mass is 10.1. The van der Waals surface area contributed by atoms with Gasteiger partial charge in [-0.15, -0.1) is 0 Å². The monoisotopic (exact) mass is 289 g/mol. The topological polar surface area (TPSA) is 46.2 Å². The van der Waals surface area contributed by atoms with E-state index < -0.39 is 0 Å². The molecule has 20 heavy (non-hydrogen) atoms. The number of benzene rings is 1. The number of ether oxygens (including phenoxy) is 1. The summed E-state index contributed by atoms with van der Waals surface area (Å²) in [5, 5.41) is 16.3. The first-order valence-corrected chi connectivity index (χ1v) is 7.00. The van der Waals surface area contributed by atoms with E-state index in [0.717, 1.165) is 10.0 Å². The average molecular weight is 289 g/mol. The van der Waals surface area contributed by atoms with Crippen molar-refractivity contribution in [3.8, 4) is 11.5 Å². The largest absolute Gasteiger partial charge is 0.507 e. The highest BCUT2D eigenvalue weighted by atomic mass is 32.1. The number of nitrogens with zero attached hydrogens (tertiary/aromatic N) is 2. The third kappa shape index (κ3) is 3.05. The summed E-state index contributed by atoms with van der Waals surface area (Å²) in [7, 11) is 1.58. The van der Waals surface area contributed by atoms with Crippen LogP contribution in [0.25, 0.3) is 12.2 Å². The maximum absolute atomic E-state index is 9.91. The number of hydrogen-bond donors (Lipinski definition) is 1. The van der Waals surface area contributed by atoms with E-state index in [1.807, 2.05) is 29.8 Å². The third-order valence-corrected chi connectivity index (χ3v) is 3.66. The highest BCUT2D eigenvalue weighted by Gasteiger charge is 2.14. The van der Waals surface area contributed by atoms with Crippen LogP contribution in [0.2, 0.25) is 0 Å². The molecule has 0 bridgehead atoms. The van der Waals surface area contributed by atoms with Crippen LogP contribution >= 0.6 is 11.3 Å². The molecule has 0 unspecified atom stereocenters. The summed E-state index contributed by atoms with van der Waals surface area (Å²) in [4.78, 5) is 0. The van der Waals surface area contributed by atoms with Gasteiger partial charge in [0, 0.05) is 11.2 Å². The van der Waals surface area contributed by atoms with Gasteiger partial charge in [-0.1, -0.05) is 17.3 Å². The van der Waals surface area contributed by atoms with E-state index in [9.17, 15) is 5.11 Å². The van der Waals surface area contributed by atoms with Gasteiger partial charge in [0.1, 0.15) is 11.5 Å². The Kier molecular flexibility index (Phi) is 4.53. The van der Waals surface area contributed by atoms with E-state index >= 15 is 0 Å². The van der Waals surface area contributed by atoms with E-state index in [-0.39, 0.29) is 5.75 Å². The van der Waals surface area contributed by atoms with Crippen molar-refractivity contribution in [1.29, 1.82) is 0 Å². The lowest BCUT2D eigenvalue weighted by molar-refractivity contribution is -0.741. The zero-order valence-electron chi connectivity index (χ0n) is 11.5. The zero-order valence-corrected chi connectivity index (χ0v) is 12.4. The molecule has 0 aliphatic rings. The van der Waals surface area contributed by atoms with Gasteiger partial charge in [-0.3, -0.25) is 0 Å². The Morgan fingerprint density at radius 1 is 1.45 bits per heavy atom. The van der Waals surface area contributed by atoms with Crippen molar-refractivity contribution in [3.63, 3.8) is 0 Å². The standard InChI is InChI=1S/C15H16N2O2S/c1-4-10-17-15(20-11(2)16-17)9-8-12-13(18)6-5-7-14(12)19-3/h4-9H,1,10H2,2-3H3/p+1. The molecule has 0 atom stereocenters. The van der Waals surface area contributed by atoms with Gasteiger partial charge < -0.3 is 9.84 Å². The van der Waals surface area contributed by atoms with Crippen LogP contribution in [0, 0.1) is 6.92 Å². The second-order valence-corrected chi connectivity index (χ2v) is 5.37. The minimum absolute atomic E-state index is 0.192. The number of aromatic nitrogens is 2. The van der Waals surface area contributed by atoms with Crippen molar-refractivity contribution in [3.05, 3.63) is 46.4 Å². The zero-order chi connectivity index (χ0) is 14.5. The lowest BCUT2D eigenvalue weighted by Gasteiger charge is -2.05. The van der Waals surface area contributed by atoms with Gasteiger partial charge >= 0.3 is 0 Å². The Morgan fingerprint density at radius 2 is 2.25 bits per heavy atom. The summed E-state index contributed by atoms with van der Waals surface area (Å²) in [5.74, 6) is 0.829. The number of allylic oxidation sites excluding steroid dienone is 1. The molecule has 0 amide bonds. The van der Waals surface area contributed by atoms with Gasteiger partial charge in [0.15, 0.2) is 11.6 Å². The first-order chi connectivity index (χ1) is 9.65. The molecule has 1 aromatic heterocycles. The Balaban J connectivity index is 2.36.